The molecule has 1 heterocycles. The molecule has 100 valence electrons. The van der Waals surface area contributed by atoms with Crippen molar-refractivity contribution in [1.82, 2.24) is 9.97 Å². The molecule has 0 bridgehead atoms. The van der Waals surface area contributed by atoms with Crippen molar-refractivity contribution >= 4 is 17.1 Å². The molecule has 0 radical (unpaired) electrons. The fourth-order valence-electron chi connectivity index (χ4n) is 2.83. The van der Waals surface area contributed by atoms with Crippen LogP contribution in [0.15, 0.2) is 24.3 Å². The minimum atomic E-state index is -0.0398. The van der Waals surface area contributed by atoms with Gasteiger partial charge in [0.1, 0.15) is 12.4 Å². The highest BCUT2D eigenvalue weighted by Gasteiger charge is 2.09. The van der Waals surface area contributed by atoms with Gasteiger partial charge >= 0.3 is 0 Å². The first-order chi connectivity index (χ1) is 9.35. The predicted octanol–water partition coefficient (Wildman–Crippen LogP) is 3.65. The number of fused-ring (bicyclic) bond motifs is 1. The molecule has 0 amide bonds. The zero-order valence-corrected chi connectivity index (χ0v) is 11.1. The molecule has 0 spiro atoms. The number of allylic oxidation sites excluding steroid dienone is 1. The number of aliphatic hydroxyl groups excluding tert-OH is 1. The van der Waals surface area contributed by atoms with E-state index in [-0.39, 0.29) is 6.61 Å². The van der Waals surface area contributed by atoms with Gasteiger partial charge in [-0.1, -0.05) is 37.5 Å². The van der Waals surface area contributed by atoms with E-state index in [9.17, 15) is 0 Å². The van der Waals surface area contributed by atoms with Crippen LogP contribution in [0, 0.1) is 5.92 Å². The molecule has 0 saturated heterocycles. The van der Waals surface area contributed by atoms with E-state index in [2.05, 4.69) is 34.3 Å². The maximum atomic E-state index is 9.07. The molecule has 2 aromatic rings. The molecule has 0 unspecified atom stereocenters. The minimum Gasteiger partial charge on any atom is -0.388 e. The first-order valence-electron chi connectivity index (χ1n) is 7.13. The first kappa shape index (κ1) is 12.4. The molecule has 3 heteroatoms. The van der Waals surface area contributed by atoms with Crippen molar-refractivity contribution in [3.63, 3.8) is 0 Å². The lowest BCUT2D eigenvalue weighted by Crippen LogP contribution is -2.02. The Morgan fingerprint density at radius 1 is 1.26 bits per heavy atom. The number of aliphatic hydroxyl groups is 1. The van der Waals surface area contributed by atoms with E-state index < -0.39 is 0 Å². The smallest absolute Gasteiger partial charge is 0.133 e. The van der Waals surface area contributed by atoms with Crippen LogP contribution in [0.3, 0.4) is 0 Å². The van der Waals surface area contributed by atoms with Gasteiger partial charge in [-0.25, -0.2) is 4.98 Å². The van der Waals surface area contributed by atoms with E-state index >= 15 is 0 Å². The van der Waals surface area contributed by atoms with E-state index in [4.69, 9.17) is 5.11 Å². The van der Waals surface area contributed by atoms with E-state index in [0.717, 1.165) is 17.0 Å². The summed E-state index contributed by atoms with van der Waals surface area (Å²) in [4.78, 5) is 7.42. The number of H-pyrrole nitrogens is 1. The average Bonchev–Trinajstić information content (AvgIpc) is 2.88. The van der Waals surface area contributed by atoms with Crippen LogP contribution in [-0.2, 0) is 6.61 Å². The number of aromatic nitrogens is 2. The number of nitrogens with one attached hydrogen (secondary N) is 1. The maximum Gasteiger partial charge on any atom is 0.133 e. The molecule has 0 aliphatic heterocycles. The van der Waals surface area contributed by atoms with Crippen molar-refractivity contribution in [3.05, 3.63) is 35.7 Å². The van der Waals surface area contributed by atoms with Gasteiger partial charge in [0.2, 0.25) is 0 Å². The van der Waals surface area contributed by atoms with Crippen molar-refractivity contribution in [2.45, 2.75) is 38.7 Å². The Morgan fingerprint density at radius 3 is 2.89 bits per heavy atom. The van der Waals surface area contributed by atoms with Crippen LogP contribution in [-0.4, -0.2) is 15.1 Å². The van der Waals surface area contributed by atoms with Crippen LogP contribution in [0.25, 0.3) is 17.1 Å². The monoisotopic (exact) mass is 256 g/mol. The number of imidazole rings is 1. The number of benzene rings is 1. The standard InChI is InChI=1S/C16H20N2O/c19-11-16-17-14-9-8-13(10-15(14)18-16)7-6-12-4-2-1-3-5-12/h6-10,12,19H,1-5,11H2,(H,17,18)/b7-6+. The molecule has 19 heavy (non-hydrogen) atoms. The van der Waals surface area contributed by atoms with Crippen molar-refractivity contribution in [2.24, 2.45) is 5.92 Å². The quantitative estimate of drug-likeness (QED) is 0.880. The van der Waals surface area contributed by atoms with Gasteiger partial charge in [-0.05, 0) is 36.5 Å². The summed E-state index contributed by atoms with van der Waals surface area (Å²) in [6.45, 7) is -0.0398. The highest BCUT2D eigenvalue weighted by molar-refractivity contribution is 5.78. The summed E-state index contributed by atoms with van der Waals surface area (Å²) >= 11 is 0. The SMILES string of the molecule is OCc1nc2ccc(/C=C/C3CCCCC3)cc2[nH]1. The lowest BCUT2D eigenvalue weighted by molar-refractivity contribution is 0.273. The second-order valence-corrected chi connectivity index (χ2v) is 5.38. The number of nitrogens with zero attached hydrogens (tertiary/aromatic N) is 1. The summed E-state index contributed by atoms with van der Waals surface area (Å²) in [5, 5.41) is 9.07. The Kier molecular flexibility index (Phi) is 3.65. The topological polar surface area (TPSA) is 48.9 Å². The van der Waals surface area contributed by atoms with Gasteiger partial charge in [0.05, 0.1) is 11.0 Å². The summed E-state index contributed by atoms with van der Waals surface area (Å²) in [5.74, 6) is 1.38. The fraction of sp³-hybridized carbons (Fsp3) is 0.438. The van der Waals surface area contributed by atoms with E-state index in [0.29, 0.717) is 5.82 Å². The van der Waals surface area contributed by atoms with Crippen molar-refractivity contribution in [3.8, 4) is 0 Å². The Balaban J connectivity index is 1.78. The highest BCUT2D eigenvalue weighted by Crippen LogP contribution is 2.25. The fourth-order valence-corrected chi connectivity index (χ4v) is 2.83. The van der Waals surface area contributed by atoms with Gasteiger partial charge in [-0.3, -0.25) is 0 Å². The second-order valence-electron chi connectivity index (χ2n) is 5.38. The largest absolute Gasteiger partial charge is 0.388 e. The second kappa shape index (κ2) is 5.57. The van der Waals surface area contributed by atoms with Gasteiger partial charge in [-0.2, -0.15) is 0 Å². The molecular formula is C16H20N2O. The highest BCUT2D eigenvalue weighted by atomic mass is 16.3. The first-order valence-corrected chi connectivity index (χ1v) is 7.13. The Labute approximate surface area is 113 Å². The molecule has 1 aliphatic rings. The van der Waals surface area contributed by atoms with Crippen molar-refractivity contribution in [2.75, 3.05) is 0 Å². The summed E-state index contributed by atoms with van der Waals surface area (Å²) < 4.78 is 0. The van der Waals surface area contributed by atoms with Crippen LogP contribution < -0.4 is 0 Å². The number of hydrogen-bond acceptors (Lipinski definition) is 2. The number of rotatable bonds is 3. The van der Waals surface area contributed by atoms with Crippen LogP contribution in [0.5, 0.6) is 0 Å². The van der Waals surface area contributed by atoms with E-state index in [1.165, 1.54) is 37.7 Å². The Hall–Kier alpha value is -1.61. The third-order valence-electron chi connectivity index (χ3n) is 3.92. The molecule has 2 N–H and O–H groups in total. The lowest BCUT2D eigenvalue weighted by Gasteiger charge is -2.17. The van der Waals surface area contributed by atoms with Gasteiger partial charge in [0.15, 0.2) is 0 Å². The molecule has 0 atom stereocenters. The summed E-state index contributed by atoms with van der Waals surface area (Å²) in [5.41, 5.74) is 3.11. The van der Waals surface area contributed by atoms with E-state index in [1.54, 1.807) is 0 Å². The predicted molar refractivity (Wildman–Crippen MR) is 77.6 cm³/mol. The minimum absolute atomic E-state index is 0.0398. The number of hydrogen-bond donors (Lipinski definition) is 2. The summed E-state index contributed by atoms with van der Waals surface area (Å²) in [7, 11) is 0. The summed E-state index contributed by atoms with van der Waals surface area (Å²) in [6.07, 6.45) is 11.4. The van der Waals surface area contributed by atoms with Gasteiger partial charge in [0, 0.05) is 0 Å². The van der Waals surface area contributed by atoms with Crippen LogP contribution in [0.2, 0.25) is 0 Å². The Bertz CT molecular complexity index is 579. The summed E-state index contributed by atoms with van der Waals surface area (Å²) in [6, 6.07) is 6.19. The third kappa shape index (κ3) is 2.87. The normalized spacial score (nSPS) is 17.5. The Morgan fingerprint density at radius 2 is 2.11 bits per heavy atom. The van der Waals surface area contributed by atoms with Gasteiger partial charge in [0.25, 0.3) is 0 Å². The van der Waals surface area contributed by atoms with Gasteiger partial charge < -0.3 is 10.1 Å². The molecule has 1 aliphatic carbocycles. The molecule has 3 nitrogen and oxygen atoms in total. The van der Waals surface area contributed by atoms with Crippen LogP contribution >= 0.6 is 0 Å². The molecule has 1 aromatic heterocycles. The maximum absolute atomic E-state index is 9.07. The molecule has 1 saturated carbocycles. The molecule has 3 rings (SSSR count). The number of aromatic amines is 1. The third-order valence-corrected chi connectivity index (χ3v) is 3.92. The molecule has 1 fully saturated rings. The zero-order valence-electron chi connectivity index (χ0n) is 11.1. The lowest BCUT2D eigenvalue weighted by atomic mass is 9.89. The van der Waals surface area contributed by atoms with Crippen molar-refractivity contribution in [1.29, 1.82) is 0 Å². The van der Waals surface area contributed by atoms with E-state index in [1.807, 2.05) is 6.07 Å². The molecule has 1 aromatic carbocycles. The zero-order chi connectivity index (χ0) is 13.1. The van der Waals surface area contributed by atoms with Crippen molar-refractivity contribution < 1.29 is 5.11 Å². The van der Waals surface area contributed by atoms with Crippen LogP contribution in [0.4, 0.5) is 0 Å². The van der Waals surface area contributed by atoms with Crippen LogP contribution in [0.1, 0.15) is 43.5 Å². The molecular weight excluding hydrogens is 236 g/mol. The van der Waals surface area contributed by atoms with Gasteiger partial charge in [-0.15, -0.1) is 0 Å². The average molecular weight is 256 g/mol.